The molecule has 1 spiro atoms. The van der Waals surface area contributed by atoms with Crippen LogP contribution in [0.2, 0.25) is 0 Å². The molecule has 0 unspecified atom stereocenters. The van der Waals surface area contributed by atoms with Crippen LogP contribution in [0.4, 0.5) is 5.69 Å². The van der Waals surface area contributed by atoms with Crippen molar-refractivity contribution in [2.45, 2.75) is 17.5 Å². The van der Waals surface area contributed by atoms with Crippen molar-refractivity contribution in [1.82, 2.24) is 4.90 Å². The zero-order valence-electron chi connectivity index (χ0n) is 23.8. The van der Waals surface area contributed by atoms with Crippen LogP contribution >= 0.6 is 0 Å². The summed E-state index contributed by atoms with van der Waals surface area (Å²) in [7, 11) is 1.55. The number of rotatable bonds is 7. The summed E-state index contributed by atoms with van der Waals surface area (Å²) in [6, 6.07) is 28.8. The maximum absolute atomic E-state index is 14.9. The zero-order valence-corrected chi connectivity index (χ0v) is 23.8. The van der Waals surface area contributed by atoms with Gasteiger partial charge in [-0.1, -0.05) is 54.6 Å². The minimum atomic E-state index is -1.45. The van der Waals surface area contributed by atoms with E-state index in [4.69, 9.17) is 9.47 Å². The van der Waals surface area contributed by atoms with E-state index in [2.05, 4.69) is 5.32 Å². The Morgan fingerprint density at radius 1 is 0.932 bits per heavy atom. The Morgan fingerprint density at radius 3 is 2.45 bits per heavy atom. The number of anilines is 1. The van der Waals surface area contributed by atoms with Crippen LogP contribution in [0.3, 0.4) is 0 Å². The summed E-state index contributed by atoms with van der Waals surface area (Å²) >= 11 is 0. The Bertz CT molecular complexity index is 1890. The van der Waals surface area contributed by atoms with E-state index in [0.717, 1.165) is 11.1 Å². The molecule has 3 heterocycles. The molecule has 4 aromatic rings. The molecule has 0 saturated carbocycles. The summed E-state index contributed by atoms with van der Waals surface area (Å²) in [5.74, 6) is -1.36. The van der Waals surface area contributed by atoms with Gasteiger partial charge in [0.05, 0.1) is 24.6 Å². The van der Waals surface area contributed by atoms with E-state index in [1.807, 2.05) is 71.8 Å². The molecule has 1 N–H and O–H groups in total. The first-order valence-electron chi connectivity index (χ1n) is 14.3. The molecule has 7 rings (SSSR count). The third-order valence-electron chi connectivity index (χ3n) is 8.94. The third kappa shape index (κ3) is 3.86. The second-order valence-electron chi connectivity index (χ2n) is 11.0. The number of nitrogens with one attached hydrogen (secondary N) is 1. The maximum atomic E-state index is 14.9. The molecule has 0 aliphatic carbocycles. The van der Waals surface area contributed by atoms with E-state index < -0.39 is 23.4 Å². The molecular formula is C36H27N3O5. The van der Waals surface area contributed by atoms with E-state index >= 15 is 0 Å². The van der Waals surface area contributed by atoms with Crippen LogP contribution < -0.4 is 14.8 Å². The first kappa shape index (κ1) is 27.2. The van der Waals surface area contributed by atoms with Crippen molar-refractivity contribution in [3.63, 3.8) is 0 Å². The van der Waals surface area contributed by atoms with Gasteiger partial charge in [-0.15, -0.1) is 0 Å². The predicted octanol–water partition coefficient (Wildman–Crippen LogP) is 5.58. The average molecular weight is 582 g/mol. The van der Waals surface area contributed by atoms with Crippen LogP contribution in [-0.4, -0.2) is 42.1 Å². The number of carbonyl (C=O) groups is 3. The molecule has 44 heavy (non-hydrogen) atoms. The van der Waals surface area contributed by atoms with Gasteiger partial charge in [0.25, 0.3) is 0 Å². The van der Waals surface area contributed by atoms with Crippen LogP contribution in [0.15, 0.2) is 103 Å². The van der Waals surface area contributed by atoms with Gasteiger partial charge in [0.1, 0.15) is 29.0 Å². The molecule has 216 valence electrons. The minimum Gasteiger partial charge on any atom is -0.497 e. The molecule has 0 radical (unpaired) electrons. The standard InChI is InChI=1S/C36H27N3O5/c1-43-24-16-14-23(15-17-24)32(40)30-31(33(41)26-10-4-7-13-29(26)44-21-19-37)39-20-18-22-8-2-3-9-25(22)34(39)36(30)27-11-5-6-12-28(27)38-35(36)42/h2-18,20,30-31,34H,21H2,1H3,(H,38,42)/t30-,31+,34+,36+/m0/s1. The second kappa shape index (κ2) is 10.5. The van der Waals surface area contributed by atoms with E-state index in [1.54, 1.807) is 55.6 Å². The highest BCUT2D eigenvalue weighted by atomic mass is 16.5. The Balaban J connectivity index is 1.51. The lowest BCUT2D eigenvalue weighted by molar-refractivity contribution is -0.122. The summed E-state index contributed by atoms with van der Waals surface area (Å²) in [6.07, 6.45) is 3.74. The first-order chi connectivity index (χ1) is 21.5. The molecule has 4 aromatic carbocycles. The summed E-state index contributed by atoms with van der Waals surface area (Å²) in [5.41, 5.74) is 2.18. The van der Waals surface area contributed by atoms with E-state index in [1.165, 1.54) is 0 Å². The van der Waals surface area contributed by atoms with Gasteiger partial charge in [-0.25, -0.2) is 0 Å². The van der Waals surface area contributed by atoms with Crippen molar-refractivity contribution in [2.24, 2.45) is 5.92 Å². The van der Waals surface area contributed by atoms with Gasteiger partial charge in [-0.2, -0.15) is 5.26 Å². The van der Waals surface area contributed by atoms with Crippen LogP contribution in [0.1, 0.15) is 43.4 Å². The molecule has 0 bridgehead atoms. The number of para-hydroxylation sites is 2. The van der Waals surface area contributed by atoms with Gasteiger partial charge < -0.3 is 19.7 Å². The number of ketones is 2. The SMILES string of the molecule is COc1ccc(C(=O)[C@@H]2[C@H](C(=O)c3ccccc3OCC#N)N3C=Cc4ccccc4[C@@H]3[C@]23C(=O)Nc2ccccc23)cc1. The number of amides is 1. The number of ether oxygens (including phenoxy) is 2. The molecule has 4 atom stereocenters. The smallest absolute Gasteiger partial charge is 0.238 e. The Morgan fingerprint density at radius 2 is 1.66 bits per heavy atom. The van der Waals surface area contributed by atoms with Crippen molar-refractivity contribution >= 4 is 29.2 Å². The summed E-state index contributed by atoms with van der Waals surface area (Å²) < 4.78 is 11.0. The van der Waals surface area contributed by atoms with Gasteiger partial charge in [-0.3, -0.25) is 14.4 Å². The Hall–Kier alpha value is -5.68. The highest BCUT2D eigenvalue weighted by Gasteiger charge is 2.70. The second-order valence-corrected chi connectivity index (χ2v) is 11.0. The molecule has 1 amide bonds. The van der Waals surface area contributed by atoms with E-state index in [9.17, 15) is 19.6 Å². The van der Waals surface area contributed by atoms with E-state index in [-0.39, 0.29) is 35.4 Å². The Labute approximate surface area is 254 Å². The fourth-order valence-electron chi connectivity index (χ4n) is 7.17. The number of methoxy groups -OCH3 is 1. The van der Waals surface area contributed by atoms with Crippen LogP contribution in [-0.2, 0) is 10.2 Å². The molecule has 3 aliphatic rings. The van der Waals surface area contributed by atoms with Crippen molar-refractivity contribution in [2.75, 3.05) is 19.0 Å². The fourth-order valence-corrected chi connectivity index (χ4v) is 7.17. The molecule has 8 nitrogen and oxygen atoms in total. The van der Waals surface area contributed by atoms with E-state index in [0.29, 0.717) is 22.6 Å². The molecule has 1 saturated heterocycles. The van der Waals surface area contributed by atoms with Crippen LogP contribution in [0.5, 0.6) is 11.5 Å². The lowest BCUT2D eigenvalue weighted by Crippen LogP contribution is -2.49. The molecule has 1 fully saturated rings. The predicted molar refractivity (Wildman–Crippen MR) is 163 cm³/mol. The summed E-state index contributed by atoms with van der Waals surface area (Å²) in [5, 5.41) is 12.2. The van der Waals surface area contributed by atoms with Crippen molar-refractivity contribution in [3.05, 3.63) is 131 Å². The molecule has 3 aliphatic heterocycles. The van der Waals surface area contributed by atoms with Gasteiger partial charge >= 0.3 is 0 Å². The van der Waals surface area contributed by atoms with Gasteiger partial charge in [0, 0.05) is 17.5 Å². The van der Waals surface area contributed by atoms with Crippen LogP contribution in [0.25, 0.3) is 6.08 Å². The van der Waals surface area contributed by atoms with Crippen molar-refractivity contribution in [1.29, 1.82) is 5.26 Å². The van der Waals surface area contributed by atoms with Gasteiger partial charge in [0.15, 0.2) is 18.2 Å². The number of benzene rings is 4. The monoisotopic (exact) mass is 581 g/mol. The summed E-state index contributed by atoms with van der Waals surface area (Å²) in [6.45, 7) is -0.248. The minimum absolute atomic E-state index is 0.232. The quantitative estimate of drug-likeness (QED) is 0.284. The maximum Gasteiger partial charge on any atom is 0.238 e. The topological polar surface area (TPSA) is 109 Å². The fraction of sp³-hybridized carbons (Fsp3) is 0.167. The Kier molecular flexibility index (Phi) is 6.51. The lowest BCUT2D eigenvalue weighted by Gasteiger charge is -2.38. The highest BCUT2D eigenvalue weighted by Crippen LogP contribution is 2.62. The molecular weight excluding hydrogens is 554 g/mol. The van der Waals surface area contributed by atoms with Gasteiger partial charge in [0.2, 0.25) is 5.91 Å². The number of carbonyl (C=O) groups excluding carboxylic acids is 3. The average Bonchev–Trinajstić information content (AvgIpc) is 3.55. The van der Waals surface area contributed by atoms with Crippen LogP contribution in [0, 0.1) is 17.2 Å². The number of nitriles is 1. The lowest BCUT2D eigenvalue weighted by atomic mass is 9.62. The number of hydrogen-bond donors (Lipinski definition) is 1. The van der Waals surface area contributed by atoms with Crippen molar-refractivity contribution < 1.29 is 23.9 Å². The highest BCUT2D eigenvalue weighted by molar-refractivity contribution is 6.17. The number of fused-ring (bicyclic) bond motifs is 6. The largest absolute Gasteiger partial charge is 0.497 e. The zero-order chi connectivity index (χ0) is 30.4. The number of nitrogens with zero attached hydrogens (tertiary/aromatic N) is 2. The van der Waals surface area contributed by atoms with Crippen molar-refractivity contribution in [3.8, 4) is 17.6 Å². The van der Waals surface area contributed by atoms with Gasteiger partial charge in [-0.05, 0) is 65.2 Å². The molecule has 0 aromatic heterocycles. The third-order valence-corrected chi connectivity index (χ3v) is 8.94. The normalized spacial score (nSPS) is 22.4. The summed E-state index contributed by atoms with van der Waals surface area (Å²) in [4.78, 5) is 46.2. The number of Topliss-reactive ketones (excluding diaryl/α,β-unsaturated/α-hetero) is 2. The molecule has 8 heteroatoms. The first-order valence-corrected chi connectivity index (χ1v) is 14.3. The number of hydrogen-bond acceptors (Lipinski definition) is 7.